The first-order valence-electron chi connectivity index (χ1n) is 6.10. The van der Waals surface area contributed by atoms with E-state index in [4.69, 9.17) is 19.9 Å². The third-order valence-corrected chi connectivity index (χ3v) is 2.85. The molecule has 2 aromatic rings. The highest BCUT2D eigenvalue weighted by Gasteiger charge is 2.06. The van der Waals surface area contributed by atoms with Crippen LogP contribution in [0, 0.1) is 0 Å². The number of nitrogens with two attached hydrogens (primary N) is 1. The molecule has 2 aromatic carbocycles. The Bertz CT molecular complexity index is 600. The van der Waals surface area contributed by atoms with Crippen LogP contribution >= 0.6 is 0 Å². The fraction of sp³-hybridized carbons (Fsp3) is 0.200. The number of hydrogen-bond donors (Lipinski definition) is 2. The largest absolute Gasteiger partial charge is 0.497 e. The highest BCUT2D eigenvalue weighted by molar-refractivity contribution is 5.71. The van der Waals surface area contributed by atoms with Crippen molar-refractivity contribution in [2.45, 2.75) is 0 Å². The molecule has 0 atom stereocenters. The molecule has 0 spiro atoms. The Labute approximate surface area is 118 Å². The average Bonchev–Trinajstić information content (AvgIpc) is 2.47. The summed E-state index contributed by atoms with van der Waals surface area (Å²) in [6.45, 7) is 0. The van der Waals surface area contributed by atoms with Crippen molar-refractivity contribution in [2.75, 3.05) is 32.4 Å². The molecule has 0 heterocycles. The molecule has 0 aliphatic rings. The van der Waals surface area contributed by atoms with E-state index in [9.17, 15) is 0 Å². The van der Waals surface area contributed by atoms with Crippen molar-refractivity contribution in [1.29, 1.82) is 0 Å². The van der Waals surface area contributed by atoms with Gasteiger partial charge in [-0.25, -0.2) is 0 Å². The number of methoxy groups -OCH3 is 3. The van der Waals surface area contributed by atoms with Gasteiger partial charge in [-0.05, 0) is 18.2 Å². The maximum atomic E-state index is 5.83. The van der Waals surface area contributed by atoms with Gasteiger partial charge >= 0.3 is 0 Å². The number of nitrogens with one attached hydrogen (secondary N) is 1. The van der Waals surface area contributed by atoms with E-state index in [0.29, 0.717) is 17.2 Å². The zero-order valence-electron chi connectivity index (χ0n) is 11.8. The van der Waals surface area contributed by atoms with Crippen LogP contribution in [0.25, 0.3) is 0 Å². The second-order valence-corrected chi connectivity index (χ2v) is 4.19. The molecule has 5 nitrogen and oxygen atoms in total. The van der Waals surface area contributed by atoms with Crippen LogP contribution in [0.5, 0.6) is 17.2 Å². The van der Waals surface area contributed by atoms with Crippen molar-refractivity contribution in [1.82, 2.24) is 0 Å². The summed E-state index contributed by atoms with van der Waals surface area (Å²) < 4.78 is 15.7. The molecule has 0 fully saturated rings. The fourth-order valence-corrected chi connectivity index (χ4v) is 1.87. The summed E-state index contributed by atoms with van der Waals surface area (Å²) in [6, 6.07) is 11.0. The van der Waals surface area contributed by atoms with Crippen LogP contribution in [0.3, 0.4) is 0 Å². The molecule has 106 valence electrons. The van der Waals surface area contributed by atoms with Crippen LogP contribution in [-0.2, 0) is 0 Å². The van der Waals surface area contributed by atoms with Crippen molar-refractivity contribution < 1.29 is 14.2 Å². The van der Waals surface area contributed by atoms with Crippen molar-refractivity contribution >= 4 is 17.1 Å². The molecule has 20 heavy (non-hydrogen) atoms. The molecule has 0 aromatic heterocycles. The predicted octanol–water partition coefficient (Wildman–Crippen LogP) is 3.04. The Balaban J connectivity index is 2.31. The topological polar surface area (TPSA) is 65.7 Å². The van der Waals surface area contributed by atoms with E-state index in [1.165, 1.54) is 0 Å². The molecule has 0 bridgehead atoms. The minimum Gasteiger partial charge on any atom is -0.497 e. The molecule has 0 saturated carbocycles. The van der Waals surface area contributed by atoms with Gasteiger partial charge in [0.2, 0.25) is 0 Å². The molecule has 0 aliphatic heterocycles. The Hall–Kier alpha value is -2.56. The Kier molecular flexibility index (Phi) is 4.20. The van der Waals surface area contributed by atoms with Gasteiger partial charge in [0, 0.05) is 29.6 Å². The zero-order chi connectivity index (χ0) is 14.5. The average molecular weight is 274 g/mol. The second kappa shape index (κ2) is 6.06. The highest BCUT2D eigenvalue weighted by Crippen LogP contribution is 2.33. The van der Waals surface area contributed by atoms with Gasteiger partial charge in [0.15, 0.2) is 0 Å². The lowest BCUT2D eigenvalue weighted by Crippen LogP contribution is -1.97. The van der Waals surface area contributed by atoms with Crippen LogP contribution in [0.1, 0.15) is 0 Å². The molecule has 0 unspecified atom stereocenters. The maximum Gasteiger partial charge on any atom is 0.145 e. The number of ether oxygens (including phenoxy) is 3. The van der Waals surface area contributed by atoms with Crippen LogP contribution < -0.4 is 25.3 Å². The lowest BCUT2D eigenvalue weighted by molar-refractivity contribution is 0.395. The van der Waals surface area contributed by atoms with Crippen LogP contribution in [0.4, 0.5) is 17.1 Å². The Morgan fingerprint density at radius 2 is 1.60 bits per heavy atom. The van der Waals surface area contributed by atoms with Gasteiger partial charge in [-0.15, -0.1) is 0 Å². The van der Waals surface area contributed by atoms with Crippen LogP contribution in [0.2, 0.25) is 0 Å². The van der Waals surface area contributed by atoms with E-state index in [0.717, 1.165) is 17.1 Å². The Morgan fingerprint density at radius 1 is 0.850 bits per heavy atom. The number of nitrogen functional groups attached to an aromatic ring is 1. The van der Waals surface area contributed by atoms with Gasteiger partial charge in [0.05, 0.1) is 27.0 Å². The van der Waals surface area contributed by atoms with E-state index in [2.05, 4.69) is 5.32 Å². The molecule has 0 saturated heterocycles. The highest BCUT2D eigenvalue weighted by atomic mass is 16.5. The van der Waals surface area contributed by atoms with Crippen molar-refractivity contribution in [3.05, 3.63) is 36.4 Å². The zero-order valence-corrected chi connectivity index (χ0v) is 11.8. The smallest absolute Gasteiger partial charge is 0.145 e. The molecular weight excluding hydrogens is 256 g/mol. The SMILES string of the molecule is COc1cc(N)cc(Nc2ccc(OC)cc2OC)c1. The summed E-state index contributed by atoms with van der Waals surface area (Å²) in [5.74, 6) is 2.11. The molecule has 0 aliphatic carbocycles. The molecule has 0 amide bonds. The van der Waals surface area contributed by atoms with Crippen molar-refractivity contribution in [2.24, 2.45) is 0 Å². The first-order chi connectivity index (χ1) is 9.66. The van der Waals surface area contributed by atoms with Gasteiger partial charge < -0.3 is 25.3 Å². The standard InChI is InChI=1S/C15H18N2O3/c1-18-12-4-5-14(15(9-12)20-3)17-11-6-10(16)7-13(8-11)19-2/h4-9,17H,16H2,1-3H3. The van der Waals surface area contributed by atoms with Gasteiger partial charge in [-0.2, -0.15) is 0 Å². The van der Waals surface area contributed by atoms with E-state index >= 15 is 0 Å². The molecular formula is C15H18N2O3. The van der Waals surface area contributed by atoms with Gasteiger partial charge in [-0.1, -0.05) is 0 Å². The summed E-state index contributed by atoms with van der Waals surface area (Å²) in [5.41, 5.74) is 8.10. The van der Waals surface area contributed by atoms with Gasteiger partial charge in [0.25, 0.3) is 0 Å². The number of anilines is 3. The van der Waals surface area contributed by atoms with Crippen LogP contribution in [0.15, 0.2) is 36.4 Å². The second-order valence-electron chi connectivity index (χ2n) is 4.19. The summed E-state index contributed by atoms with van der Waals surface area (Å²) >= 11 is 0. The summed E-state index contributed by atoms with van der Waals surface area (Å²) in [5, 5.41) is 3.25. The molecule has 3 N–H and O–H groups in total. The third kappa shape index (κ3) is 3.06. The van der Waals surface area contributed by atoms with E-state index in [-0.39, 0.29) is 0 Å². The summed E-state index contributed by atoms with van der Waals surface area (Å²) in [4.78, 5) is 0. The maximum absolute atomic E-state index is 5.83. The monoisotopic (exact) mass is 274 g/mol. The lowest BCUT2D eigenvalue weighted by Gasteiger charge is -2.13. The quantitative estimate of drug-likeness (QED) is 0.820. The first kappa shape index (κ1) is 13.9. The third-order valence-electron chi connectivity index (χ3n) is 2.85. The predicted molar refractivity (Wildman–Crippen MR) is 80.2 cm³/mol. The summed E-state index contributed by atoms with van der Waals surface area (Å²) in [7, 11) is 4.83. The van der Waals surface area contributed by atoms with E-state index in [1.807, 2.05) is 30.3 Å². The minimum atomic E-state index is 0.624. The Morgan fingerprint density at radius 3 is 2.25 bits per heavy atom. The molecule has 5 heteroatoms. The van der Waals surface area contributed by atoms with Crippen molar-refractivity contribution in [3.8, 4) is 17.2 Å². The van der Waals surface area contributed by atoms with Gasteiger partial charge in [0.1, 0.15) is 17.2 Å². The summed E-state index contributed by atoms with van der Waals surface area (Å²) in [6.07, 6.45) is 0. The van der Waals surface area contributed by atoms with E-state index < -0.39 is 0 Å². The minimum absolute atomic E-state index is 0.624. The normalized spacial score (nSPS) is 9.95. The molecule has 0 radical (unpaired) electrons. The van der Waals surface area contributed by atoms with Crippen molar-refractivity contribution in [3.63, 3.8) is 0 Å². The van der Waals surface area contributed by atoms with E-state index in [1.54, 1.807) is 27.4 Å². The van der Waals surface area contributed by atoms with Gasteiger partial charge in [-0.3, -0.25) is 0 Å². The first-order valence-corrected chi connectivity index (χ1v) is 6.10. The lowest BCUT2D eigenvalue weighted by atomic mass is 10.2. The van der Waals surface area contributed by atoms with Crippen LogP contribution in [-0.4, -0.2) is 21.3 Å². The number of hydrogen-bond acceptors (Lipinski definition) is 5. The molecule has 2 rings (SSSR count). The number of benzene rings is 2. The fourth-order valence-electron chi connectivity index (χ4n) is 1.87. The number of rotatable bonds is 5.